The number of amides is 1. The van der Waals surface area contributed by atoms with E-state index in [1.54, 1.807) is 18.2 Å². The Bertz CT molecular complexity index is 879. The van der Waals surface area contributed by atoms with E-state index < -0.39 is 5.91 Å². The van der Waals surface area contributed by atoms with Crippen molar-refractivity contribution in [2.24, 2.45) is 0 Å². The van der Waals surface area contributed by atoms with Crippen molar-refractivity contribution in [3.63, 3.8) is 0 Å². The second kappa shape index (κ2) is 6.47. The van der Waals surface area contributed by atoms with Gasteiger partial charge in [0, 0.05) is 5.69 Å². The molecule has 0 bridgehead atoms. The fraction of sp³-hybridized carbons (Fsp3) is 0.158. The number of fused-ring (bicyclic) bond motifs is 1. The van der Waals surface area contributed by atoms with Gasteiger partial charge in [0.2, 0.25) is 6.79 Å². The van der Waals surface area contributed by atoms with Crippen LogP contribution in [0.3, 0.4) is 0 Å². The number of carbonyl (C=O) groups is 1. The van der Waals surface area contributed by atoms with Crippen molar-refractivity contribution in [2.75, 3.05) is 12.1 Å². The SMILES string of the molecule is Cc1ccc(NC(=O)/C(C#N)=C\c2ccc3c(c2)OCO3)cc1C. The van der Waals surface area contributed by atoms with E-state index in [9.17, 15) is 10.1 Å². The lowest BCUT2D eigenvalue weighted by Gasteiger charge is -2.07. The smallest absolute Gasteiger partial charge is 0.266 e. The number of nitriles is 1. The molecule has 0 fully saturated rings. The van der Waals surface area contributed by atoms with Crippen LogP contribution in [0, 0.1) is 25.2 Å². The topological polar surface area (TPSA) is 71.4 Å². The highest BCUT2D eigenvalue weighted by Crippen LogP contribution is 2.33. The fourth-order valence-corrected chi connectivity index (χ4v) is 2.34. The molecule has 0 unspecified atom stereocenters. The molecular weight excluding hydrogens is 304 g/mol. The van der Waals surface area contributed by atoms with E-state index in [4.69, 9.17) is 9.47 Å². The molecule has 2 aromatic carbocycles. The average Bonchev–Trinajstić information content (AvgIpc) is 3.03. The van der Waals surface area contributed by atoms with E-state index in [0.717, 1.165) is 11.1 Å². The van der Waals surface area contributed by atoms with Gasteiger partial charge in [-0.1, -0.05) is 12.1 Å². The Labute approximate surface area is 140 Å². The van der Waals surface area contributed by atoms with Crippen LogP contribution in [0.25, 0.3) is 6.08 Å². The molecule has 1 aliphatic rings. The van der Waals surface area contributed by atoms with Gasteiger partial charge < -0.3 is 14.8 Å². The number of aryl methyl sites for hydroxylation is 2. The van der Waals surface area contributed by atoms with E-state index in [1.165, 1.54) is 6.08 Å². The molecule has 5 nitrogen and oxygen atoms in total. The van der Waals surface area contributed by atoms with Crippen LogP contribution in [0.1, 0.15) is 16.7 Å². The largest absolute Gasteiger partial charge is 0.454 e. The molecule has 0 aromatic heterocycles. The molecule has 1 heterocycles. The number of carbonyl (C=O) groups excluding carboxylic acids is 1. The highest BCUT2D eigenvalue weighted by Gasteiger charge is 2.14. The molecule has 24 heavy (non-hydrogen) atoms. The summed E-state index contributed by atoms with van der Waals surface area (Å²) in [6.45, 7) is 4.15. The Hall–Kier alpha value is -3.26. The molecule has 2 aromatic rings. The maximum Gasteiger partial charge on any atom is 0.266 e. The van der Waals surface area contributed by atoms with Gasteiger partial charge in [0.15, 0.2) is 11.5 Å². The lowest BCUT2D eigenvalue weighted by molar-refractivity contribution is -0.112. The minimum atomic E-state index is -0.446. The molecule has 0 saturated heterocycles. The third kappa shape index (κ3) is 3.23. The number of nitrogens with one attached hydrogen (secondary N) is 1. The molecule has 120 valence electrons. The summed E-state index contributed by atoms with van der Waals surface area (Å²) >= 11 is 0. The second-order valence-electron chi connectivity index (χ2n) is 5.54. The molecule has 0 spiro atoms. The van der Waals surface area contributed by atoms with E-state index in [1.807, 2.05) is 38.1 Å². The van der Waals surface area contributed by atoms with Crippen LogP contribution in [0.15, 0.2) is 42.0 Å². The molecule has 1 amide bonds. The summed E-state index contributed by atoms with van der Waals surface area (Å²) in [5, 5.41) is 12.0. The van der Waals surface area contributed by atoms with Crippen LogP contribution in [0.2, 0.25) is 0 Å². The molecule has 0 atom stereocenters. The van der Waals surface area contributed by atoms with E-state index in [2.05, 4.69) is 5.32 Å². The monoisotopic (exact) mass is 320 g/mol. The van der Waals surface area contributed by atoms with Crippen molar-refractivity contribution in [3.8, 4) is 17.6 Å². The number of benzene rings is 2. The second-order valence-corrected chi connectivity index (χ2v) is 5.54. The number of nitrogens with zero attached hydrogens (tertiary/aromatic N) is 1. The Morgan fingerprint density at radius 1 is 1.12 bits per heavy atom. The summed E-state index contributed by atoms with van der Waals surface area (Å²) in [4.78, 5) is 12.3. The third-order valence-electron chi connectivity index (χ3n) is 3.84. The van der Waals surface area contributed by atoms with Crippen molar-refractivity contribution in [2.45, 2.75) is 13.8 Å². The molecule has 0 saturated carbocycles. The van der Waals surface area contributed by atoms with E-state index >= 15 is 0 Å². The number of rotatable bonds is 3. The van der Waals surface area contributed by atoms with Crippen LogP contribution in [-0.4, -0.2) is 12.7 Å². The predicted octanol–water partition coefficient (Wildman–Crippen LogP) is 3.58. The highest BCUT2D eigenvalue weighted by atomic mass is 16.7. The predicted molar refractivity (Wildman–Crippen MR) is 90.7 cm³/mol. The zero-order valence-corrected chi connectivity index (χ0v) is 13.4. The first-order valence-corrected chi connectivity index (χ1v) is 7.47. The first kappa shape index (κ1) is 15.6. The van der Waals surface area contributed by atoms with Gasteiger partial charge in [0.25, 0.3) is 5.91 Å². The van der Waals surface area contributed by atoms with Gasteiger partial charge in [-0.05, 0) is 60.9 Å². The highest BCUT2D eigenvalue weighted by molar-refractivity contribution is 6.09. The molecule has 3 rings (SSSR count). The first-order chi connectivity index (χ1) is 11.6. The van der Waals surface area contributed by atoms with Gasteiger partial charge >= 0.3 is 0 Å². The zero-order chi connectivity index (χ0) is 17.1. The maximum atomic E-state index is 12.3. The maximum absolute atomic E-state index is 12.3. The Kier molecular flexibility index (Phi) is 4.21. The van der Waals surface area contributed by atoms with Gasteiger partial charge in [-0.25, -0.2) is 0 Å². The van der Waals surface area contributed by atoms with Crippen molar-refractivity contribution < 1.29 is 14.3 Å². The molecule has 1 N–H and O–H groups in total. The zero-order valence-electron chi connectivity index (χ0n) is 13.4. The number of hydrogen-bond donors (Lipinski definition) is 1. The van der Waals surface area contributed by atoms with Crippen LogP contribution < -0.4 is 14.8 Å². The average molecular weight is 320 g/mol. The summed E-state index contributed by atoms with van der Waals surface area (Å²) in [6.07, 6.45) is 1.53. The minimum Gasteiger partial charge on any atom is -0.454 e. The Morgan fingerprint density at radius 3 is 2.67 bits per heavy atom. The van der Waals surface area contributed by atoms with Crippen molar-refractivity contribution in [1.82, 2.24) is 0 Å². The third-order valence-corrected chi connectivity index (χ3v) is 3.84. The van der Waals surface area contributed by atoms with Gasteiger partial charge in [-0.2, -0.15) is 5.26 Å². The molecule has 0 radical (unpaired) electrons. The summed E-state index contributed by atoms with van der Waals surface area (Å²) in [7, 11) is 0. The molecule has 5 heteroatoms. The number of hydrogen-bond acceptors (Lipinski definition) is 4. The minimum absolute atomic E-state index is 0.0205. The van der Waals surface area contributed by atoms with Crippen LogP contribution >= 0.6 is 0 Å². The van der Waals surface area contributed by atoms with Crippen LogP contribution in [-0.2, 0) is 4.79 Å². The molecular formula is C19H16N2O3. The van der Waals surface area contributed by atoms with Crippen molar-refractivity contribution >= 4 is 17.7 Å². The number of anilines is 1. The standard InChI is InChI=1S/C19H16N2O3/c1-12-3-5-16(7-13(12)2)21-19(22)15(10-20)8-14-4-6-17-18(9-14)24-11-23-17/h3-9H,11H2,1-2H3,(H,21,22)/b15-8-. The van der Waals surface area contributed by atoms with Crippen LogP contribution in [0.5, 0.6) is 11.5 Å². The summed E-state index contributed by atoms with van der Waals surface area (Å²) in [5.74, 6) is 0.819. The van der Waals surface area contributed by atoms with Gasteiger partial charge in [-0.3, -0.25) is 4.79 Å². The van der Waals surface area contributed by atoms with Crippen LogP contribution in [0.4, 0.5) is 5.69 Å². The summed E-state index contributed by atoms with van der Waals surface area (Å²) in [6, 6.07) is 12.8. The van der Waals surface area contributed by atoms with Crippen molar-refractivity contribution in [1.29, 1.82) is 5.26 Å². The fourth-order valence-electron chi connectivity index (χ4n) is 2.34. The van der Waals surface area contributed by atoms with Gasteiger partial charge in [0.1, 0.15) is 11.6 Å². The van der Waals surface area contributed by atoms with Crippen molar-refractivity contribution in [3.05, 3.63) is 58.7 Å². The normalized spacial score (nSPS) is 12.6. The Morgan fingerprint density at radius 2 is 1.92 bits per heavy atom. The van der Waals surface area contributed by atoms with E-state index in [0.29, 0.717) is 22.7 Å². The lowest BCUT2D eigenvalue weighted by Crippen LogP contribution is -2.13. The van der Waals surface area contributed by atoms with E-state index in [-0.39, 0.29) is 12.4 Å². The molecule has 1 aliphatic heterocycles. The molecule has 0 aliphatic carbocycles. The number of ether oxygens (including phenoxy) is 2. The Balaban J connectivity index is 1.81. The van der Waals surface area contributed by atoms with Gasteiger partial charge in [0.05, 0.1) is 0 Å². The first-order valence-electron chi connectivity index (χ1n) is 7.47. The lowest BCUT2D eigenvalue weighted by atomic mass is 10.1. The van der Waals surface area contributed by atoms with Gasteiger partial charge in [-0.15, -0.1) is 0 Å². The quantitative estimate of drug-likeness (QED) is 0.693. The summed E-state index contributed by atoms with van der Waals surface area (Å²) in [5.41, 5.74) is 3.60. The summed E-state index contributed by atoms with van der Waals surface area (Å²) < 4.78 is 10.5.